The minimum Gasteiger partial charge on any atom is -0.481 e. The summed E-state index contributed by atoms with van der Waals surface area (Å²) in [7, 11) is 0. The number of ether oxygens (including phenoxy) is 1. The third-order valence-corrected chi connectivity index (χ3v) is 4.83. The summed E-state index contributed by atoms with van der Waals surface area (Å²) in [6.07, 6.45) is 1.95. The Balaban J connectivity index is 1.60. The number of hydrogen-bond donors (Lipinski definition) is 1. The van der Waals surface area contributed by atoms with Crippen LogP contribution in [0.1, 0.15) is 30.9 Å². The molecule has 1 amide bonds. The zero-order valence-corrected chi connectivity index (χ0v) is 15.2. The van der Waals surface area contributed by atoms with Crippen LogP contribution in [-0.4, -0.2) is 25.1 Å². The number of amides is 1. The van der Waals surface area contributed by atoms with Gasteiger partial charge in [0.05, 0.1) is 0 Å². The van der Waals surface area contributed by atoms with Gasteiger partial charge in [-0.1, -0.05) is 12.1 Å². The molecule has 1 fully saturated rings. The average molecular weight is 338 g/mol. The number of aryl methyl sites for hydroxylation is 1. The molecule has 0 bridgehead atoms. The quantitative estimate of drug-likeness (QED) is 0.883. The second kappa shape index (κ2) is 7.60. The fraction of sp³-hybridized carbons (Fsp3) is 0.381. The van der Waals surface area contributed by atoms with Crippen molar-refractivity contribution in [2.45, 2.75) is 39.7 Å². The van der Waals surface area contributed by atoms with Gasteiger partial charge in [-0.2, -0.15) is 0 Å². The van der Waals surface area contributed by atoms with Gasteiger partial charge >= 0.3 is 0 Å². The van der Waals surface area contributed by atoms with Gasteiger partial charge in [0.2, 0.25) is 0 Å². The minimum atomic E-state index is -0.557. The number of nitrogens with zero attached hydrogens (tertiary/aromatic N) is 1. The van der Waals surface area contributed by atoms with Crippen LogP contribution in [0, 0.1) is 13.8 Å². The Labute approximate surface area is 149 Å². The van der Waals surface area contributed by atoms with Crippen molar-refractivity contribution in [1.82, 2.24) is 0 Å². The lowest BCUT2D eigenvalue weighted by molar-refractivity contribution is -0.122. The first-order chi connectivity index (χ1) is 12.0. The summed E-state index contributed by atoms with van der Waals surface area (Å²) in [5.74, 6) is 0.613. The number of nitrogens with one attached hydrogen (secondary N) is 1. The molecule has 25 heavy (non-hydrogen) atoms. The van der Waals surface area contributed by atoms with Gasteiger partial charge in [0, 0.05) is 24.5 Å². The fourth-order valence-electron chi connectivity index (χ4n) is 3.07. The van der Waals surface area contributed by atoms with E-state index in [1.807, 2.05) is 44.2 Å². The summed E-state index contributed by atoms with van der Waals surface area (Å²) < 4.78 is 5.84. The number of benzene rings is 2. The molecular formula is C21H26N2O2. The second-order valence-corrected chi connectivity index (χ2v) is 6.69. The summed E-state index contributed by atoms with van der Waals surface area (Å²) in [6.45, 7) is 8.05. The van der Waals surface area contributed by atoms with Crippen molar-refractivity contribution >= 4 is 17.3 Å². The number of carbonyl (C=O) groups is 1. The van der Waals surface area contributed by atoms with Crippen LogP contribution in [0.3, 0.4) is 0 Å². The Bertz CT molecular complexity index is 734. The van der Waals surface area contributed by atoms with Crippen LogP contribution < -0.4 is 15.0 Å². The normalized spacial score (nSPS) is 15.1. The highest BCUT2D eigenvalue weighted by molar-refractivity contribution is 5.94. The average Bonchev–Trinajstić information content (AvgIpc) is 3.14. The maximum atomic E-state index is 12.4. The maximum Gasteiger partial charge on any atom is 0.265 e. The van der Waals surface area contributed by atoms with Crippen molar-refractivity contribution in [2.24, 2.45) is 0 Å². The van der Waals surface area contributed by atoms with E-state index in [9.17, 15) is 4.79 Å². The molecule has 1 heterocycles. The van der Waals surface area contributed by atoms with E-state index in [2.05, 4.69) is 22.3 Å². The topological polar surface area (TPSA) is 41.6 Å². The highest BCUT2D eigenvalue weighted by Crippen LogP contribution is 2.24. The third-order valence-electron chi connectivity index (χ3n) is 4.83. The van der Waals surface area contributed by atoms with Gasteiger partial charge in [-0.25, -0.2) is 0 Å². The largest absolute Gasteiger partial charge is 0.481 e. The standard InChI is InChI=1S/C21H26N2O2/c1-15-7-6-8-20(16(15)2)25-17(3)21(24)22-18-9-11-19(12-10-18)23-13-4-5-14-23/h6-12,17H,4-5,13-14H2,1-3H3,(H,22,24)/t17-/m1/s1. The van der Waals surface area contributed by atoms with Gasteiger partial charge in [-0.15, -0.1) is 0 Å². The molecule has 1 aliphatic rings. The summed E-state index contributed by atoms with van der Waals surface area (Å²) in [6, 6.07) is 13.9. The molecule has 4 nitrogen and oxygen atoms in total. The van der Waals surface area contributed by atoms with E-state index in [4.69, 9.17) is 4.74 Å². The lowest BCUT2D eigenvalue weighted by atomic mass is 10.1. The van der Waals surface area contributed by atoms with Crippen LogP contribution in [0.4, 0.5) is 11.4 Å². The van der Waals surface area contributed by atoms with E-state index >= 15 is 0 Å². The van der Waals surface area contributed by atoms with E-state index in [1.54, 1.807) is 6.92 Å². The first-order valence-corrected chi connectivity index (χ1v) is 8.93. The van der Waals surface area contributed by atoms with Crippen molar-refractivity contribution in [3.05, 3.63) is 53.6 Å². The highest BCUT2D eigenvalue weighted by atomic mass is 16.5. The molecule has 3 rings (SSSR count). The van der Waals surface area contributed by atoms with Crippen molar-refractivity contribution in [1.29, 1.82) is 0 Å². The third kappa shape index (κ3) is 4.13. The number of carbonyl (C=O) groups excluding carboxylic acids is 1. The molecule has 0 saturated carbocycles. The van der Waals surface area contributed by atoms with Gasteiger partial charge in [-0.3, -0.25) is 4.79 Å². The van der Waals surface area contributed by atoms with E-state index < -0.39 is 6.10 Å². The monoisotopic (exact) mass is 338 g/mol. The second-order valence-electron chi connectivity index (χ2n) is 6.69. The fourth-order valence-corrected chi connectivity index (χ4v) is 3.07. The first kappa shape index (κ1) is 17.3. The van der Waals surface area contributed by atoms with Crippen molar-refractivity contribution in [3.63, 3.8) is 0 Å². The van der Waals surface area contributed by atoms with Crippen LogP contribution in [0.5, 0.6) is 5.75 Å². The zero-order valence-electron chi connectivity index (χ0n) is 15.2. The molecule has 4 heteroatoms. The first-order valence-electron chi connectivity index (χ1n) is 8.93. The van der Waals surface area contributed by atoms with Gasteiger partial charge < -0.3 is 15.0 Å². The summed E-state index contributed by atoms with van der Waals surface area (Å²) in [5.41, 5.74) is 4.24. The van der Waals surface area contributed by atoms with Crippen molar-refractivity contribution in [2.75, 3.05) is 23.3 Å². The van der Waals surface area contributed by atoms with Crippen LogP contribution in [0.15, 0.2) is 42.5 Å². The molecule has 0 spiro atoms. The van der Waals surface area contributed by atoms with Gasteiger partial charge in [0.1, 0.15) is 5.75 Å². The molecule has 132 valence electrons. The van der Waals surface area contributed by atoms with E-state index in [0.29, 0.717) is 0 Å². The molecular weight excluding hydrogens is 312 g/mol. The molecule has 0 aliphatic carbocycles. The Kier molecular flexibility index (Phi) is 5.27. The van der Waals surface area contributed by atoms with E-state index in [1.165, 1.54) is 18.5 Å². The molecule has 0 unspecified atom stereocenters. The molecule has 1 aliphatic heterocycles. The molecule has 2 aromatic carbocycles. The molecule has 2 aromatic rings. The van der Waals surface area contributed by atoms with Crippen LogP contribution in [0.25, 0.3) is 0 Å². The summed E-state index contributed by atoms with van der Waals surface area (Å²) in [5, 5.41) is 2.93. The lowest BCUT2D eigenvalue weighted by Gasteiger charge is -2.19. The molecule has 0 radical (unpaired) electrons. The Morgan fingerprint density at radius 2 is 1.76 bits per heavy atom. The predicted octanol–water partition coefficient (Wildman–Crippen LogP) is 4.31. The SMILES string of the molecule is Cc1cccc(O[C@H](C)C(=O)Nc2ccc(N3CCCC3)cc2)c1C. The van der Waals surface area contributed by atoms with Gasteiger partial charge in [-0.05, 0) is 75.1 Å². The number of hydrogen-bond acceptors (Lipinski definition) is 3. The number of anilines is 2. The van der Waals surface area contributed by atoms with E-state index in [0.717, 1.165) is 35.7 Å². The van der Waals surface area contributed by atoms with Gasteiger partial charge in [0.25, 0.3) is 5.91 Å². The zero-order chi connectivity index (χ0) is 17.8. The lowest BCUT2D eigenvalue weighted by Crippen LogP contribution is -2.30. The Morgan fingerprint density at radius 3 is 2.44 bits per heavy atom. The molecule has 1 atom stereocenters. The maximum absolute atomic E-state index is 12.4. The van der Waals surface area contributed by atoms with Crippen LogP contribution in [-0.2, 0) is 4.79 Å². The highest BCUT2D eigenvalue weighted by Gasteiger charge is 2.17. The van der Waals surface area contributed by atoms with Gasteiger partial charge in [0.15, 0.2) is 6.10 Å². The minimum absolute atomic E-state index is 0.144. The number of rotatable bonds is 5. The smallest absolute Gasteiger partial charge is 0.265 e. The van der Waals surface area contributed by atoms with E-state index in [-0.39, 0.29) is 5.91 Å². The predicted molar refractivity (Wildman–Crippen MR) is 103 cm³/mol. The molecule has 1 N–H and O–H groups in total. The summed E-state index contributed by atoms with van der Waals surface area (Å²) >= 11 is 0. The Morgan fingerprint density at radius 1 is 1.08 bits per heavy atom. The molecule has 1 saturated heterocycles. The Hall–Kier alpha value is -2.49. The van der Waals surface area contributed by atoms with Crippen LogP contribution in [0.2, 0.25) is 0 Å². The van der Waals surface area contributed by atoms with Crippen molar-refractivity contribution < 1.29 is 9.53 Å². The molecule has 0 aromatic heterocycles. The van der Waals surface area contributed by atoms with Crippen LogP contribution >= 0.6 is 0 Å². The van der Waals surface area contributed by atoms with Crippen molar-refractivity contribution in [3.8, 4) is 5.75 Å². The summed E-state index contributed by atoms with van der Waals surface area (Å²) in [4.78, 5) is 14.8.